The van der Waals surface area contributed by atoms with Crippen molar-refractivity contribution in [2.45, 2.75) is 50.6 Å². The molecule has 0 bridgehead atoms. The van der Waals surface area contributed by atoms with Gasteiger partial charge >= 0.3 is 5.69 Å². The largest absolute Gasteiger partial charge is 0.371 e. The third kappa shape index (κ3) is 8.58. The van der Waals surface area contributed by atoms with Gasteiger partial charge in [0.05, 0.1) is 27.6 Å². The molecule has 18 heteroatoms. The summed E-state index contributed by atoms with van der Waals surface area (Å²) in [6, 6.07) is 29.5. The minimum atomic E-state index is -0.735. The molecular formula is C55H56FN11O6. The number of carbonyl (C=O) groups is 5. The number of hydrogen-bond donors (Lipinski definition) is 3. The van der Waals surface area contributed by atoms with Gasteiger partial charge in [-0.1, -0.05) is 30.3 Å². The lowest BCUT2D eigenvalue weighted by molar-refractivity contribution is -0.135. The number of carbonyl (C=O) groups excluding carboxylic acids is 5. The molecule has 0 saturated carbocycles. The second-order valence-electron chi connectivity index (χ2n) is 19.4. The molecule has 1 unspecified atom stereocenters. The zero-order valence-electron chi connectivity index (χ0n) is 41.0. The number of aromatic nitrogens is 4. The molecule has 73 heavy (non-hydrogen) atoms. The van der Waals surface area contributed by atoms with E-state index in [0.717, 1.165) is 92.2 Å². The molecule has 3 N–H and O–H groups in total. The highest BCUT2D eigenvalue weighted by Crippen LogP contribution is 2.41. The van der Waals surface area contributed by atoms with E-state index in [1.165, 1.54) is 16.3 Å². The second kappa shape index (κ2) is 19.1. The lowest BCUT2D eigenvalue weighted by Gasteiger charge is -2.44. The molecule has 0 aliphatic carbocycles. The number of nitrogens with one attached hydrogen (secondary N) is 3. The van der Waals surface area contributed by atoms with Crippen LogP contribution in [0, 0.1) is 5.82 Å². The summed E-state index contributed by atoms with van der Waals surface area (Å²) in [5.74, 6) is -2.25. The summed E-state index contributed by atoms with van der Waals surface area (Å²) in [5, 5.41) is 12.3. The quantitative estimate of drug-likeness (QED) is 0.134. The van der Waals surface area contributed by atoms with E-state index in [1.807, 2.05) is 36.4 Å². The van der Waals surface area contributed by atoms with Gasteiger partial charge in [0.15, 0.2) is 5.69 Å². The van der Waals surface area contributed by atoms with E-state index in [-0.39, 0.29) is 52.9 Å². The zero-order valence-corrected chi connectivity index (χ0v) is 41.0. The number of anilines is 4. The molecule has 374 valence electrons. The van der Waals surface area contributed by atoms with Crippen LogP contribution in [0.25, 0.3) is 44.2 Å². The van der Waals surface area contributed by atoms with E-state index < -0.39 is 23.7 Å². The summed E-state index contributed by atoms with van der Waals surface area (Å²) in [4.78, 5) is 86.5. The number of para-hydroxylation sites is 1. The molecule has 5 amide bonds. The molecule has 5 aromatic carbocycles. The molecule has 2 aromatic heterocycles. The van der Waals surface area contributed by atoms with Gasteiger partial charge in [0.1, 0.15) is 11.9 Å². The van der Waals surface area contributed by atoms with Gasteiger partial charge in [-0.05, 0) is 109 Å². The molecule has 4 saturated heterocycles. The number of nitrogens with zero attached hydrogens (tertiary/aromatic N) is 8. The Bertz CT molecular complexity index is 3440. The number of rotatable bonds is 10. The molecular weight excluding hydrogens is 930 g/mol. The number of piperazine rings is 1. The Balaban J connectivity index is 0.800. The maximum Gasteiger partial charge on any atom is 0.329 e. The van der Waals surface area contributed by atoms with Gasteiger partial charge in [-0.25, -0.2) is 9.18 Å². The second-order valence-corrected chi connectivity index (χ2v) is 19.4. The van der Waals surface area contributed by atoms with Crippen molar-refractivity contribution in [3.05, 3.63) is 125 Å². The van der Waals surface area contributed by atoms with Crippen LogP contribution in [0.4, 0.5) is 27.1 Å². The molecule has 1 atom stereocenters. The molecule has 7 aromatic rings. The fraction of sp³-hybridized carbons (Fsp3) is 0.327. The number of benzene rings is 5. The van der Waals surface area contributed by atoms with Crippen LogP contribution in [-0.4, -0.2) is 112 Å². The predicted octanol–water partition coefficient (Wildman–Crippen LogP) is 6.21. The number of aryl methyl sites for hydroxylation is 2. The van der Waals surface area contributed by atoms with E-state index >= 15 is 4.39 Å². The molecule has 4 fully saturated rings. The minimum absolute atomic E-state index is 0.0452. The Hall–Kier alpha value is -8.12. The number of piperidine rings is 2. The highest BCUT2D eigenvalue weighted by atomic mass is 19.1. The molecule has 4 aliphatic heterocycles. The number of imide groups is 1. The maximum atomic E-state index is 17.2. The molecule has 0 spiro atoms. The fourth-order valence-electron chi connectivity index (χ4n) is 11.4. The van der Waals surface area contributed by atoms with E-state index in [9.17, 15) is 28.8 Å². The maximum absolute atomic E-state index is 17.2. The SMILES string of the molecule is CNC(=O)c1cccc(NC(=O)c2nn(C)c3ccc(-c4ccc(N5CCCC5=O)cc4-c4ccc(N5CCC(N6CCN(c7cccc8c7n(C)c(=O)n8C7CCC(=O)NC7=O)CC6)CC5)cc4)c(F)c23)c1. The van der Waals surface area contributed by atoms with E-state index in [4.69, 9.17) is 0 Å². The molecule has 11 rings (SSSR count). The van der Waals surface area contributed by atoms with Gasteiger partial charge in [-0.3, -0.25) is 48.0 Å². The lowest BCUT2D eigenvalue weighted by Crippen LogP contribution is -2.53. The summed E-state index contributed by atoms with van der Waals surface area (Å²) in [7, 11) is 4.93. The van der Waals surface area contributed by atoms with Crippen LogP contribution in [0.3, 0.4) is 0 Å². The van der Waals surface area contributed by atoms with Gasteiger partial charge in [0.25, 0.3) is 11.8 Å². The summed E-state index contributed by atoms with van der Waals surface area (Å²) >= 11 is 0. The number of halogens is 1. The molecule has 0 radical (unpaired) electrons. The Morgan fingerprint density at radius 2 is 1.45 bits per heavy atom. The van der Waals surface area contributed by atoms with Crippen molar-refractivity contribution in [2.75, 3.05) is 72.9 Å². The Morgan fingerprint density at radius 3 is 2.18 bits per heavy atom. The summed E-state index contributed by atoms with van der Waals surface area (Å²) in [6.07, 6.45) is 3.70. The Morgan fingerprint density at radius 1 is 0.712 bits per heavy atom. The number of amides is 5. The number of imidazole rings is 1. The molecule has 6 heterocycles. The van der Waals surface area contributed by atoms with E-state index in [0.29, 0.717) is 46.9 Å². The lowest BCUT2D eigenvalue weighted by atomic mass is 9.92. The van der Waals surface area contributed by atoms with Crippen LogP contribution in [-0.2, 0) is 28.5 Å². The highest BCUT2D eigenvalue weighted by Gasteiger charge is 2.34. The van der Waals surface area contributed by atoms with Crippen LogP contribution < -0.4 is 36.3 Å². The van der Waals surface area contributed by atoms with Crippen LogP contribution >= 0.6 is 0 Å². The zero-order chi connectivity index (χ0) is 50.7. The van der Waals surface area contributed by atoms with Crippen molar-refractivity contribution in [2.24, 2.45) is 14.1 Å². The van der Waals surface area contributed by atoms with Gasteiger partial charge < -0.3 is 25.3 Å². The fourth-order valence-corrected chi connectivity index (χ4v) is 11.4. The number of hydrogen-bond acceptors (Lipinski definition) is 10. The average Bonchev–Trinajstić information content (AvgIpc) is 4.08. The molecule has 4 aliphatic rings. The average molecular weight is 986 g/mol. The standard InChI is InChI=1S/C55H56FN11O6/c1-57-52(70)34-7-4-8-35(31-34)58-54(72)50-48-42(62(3)60-50)19-18-40(49(48)56)39-17-16-38(66-24-6-11-47(66)69)32-41(39)33-12-14-36(15-13-33)63-25-22-37(23-26-63)64-27-29-65(30-28-64)43-9-5-10-44-51(43)61(2)55(73)67(44)45-20-21-46(68)59-53(45)71/h4-5,7-10,12-19,31-32,37,45H,6,11,20-30H2,1-3H3,(H,57,70)(H,58,72)(H,59,68,71). The van der Waals surface area contributed by atoms with Crippen LogP contribution in [0.5, 0.6) is 0 Å². The van der Waals surface area contributed by atoms with Crippen molar-refractivity contribution in [1.29, 1.82) is 0 Å². The summed E-state index contributed by atoms with van der Waals surface area (Å²) < 4.78 is 21.9. The smallest absolute Gasteiger partial charge is 0.329 e. The van der Waals surface area contributed by atoms with Gasteiger partial charge in [-0.15, -0.1) is 0 Å². The van der Waals surface area contributed by atoms with Crippen molar-refractivity contribution in [1.82, 2.24) is 34.4 Å². The van der Waals surface area contributed by atoms with Crippen molar-refractivity contribution < 1.29 is 28.4 Å². The first kappa shape index (κ1) is 47.2. The first-order valence-electron chi connectivity index (χ1n) is 25.0. The van der Waals surface area contributed by atoms with Gasteiger partial charge in [-0.2, -0.15) is 5.10 Å². The van der Waals surface area contributed by atoms with Gasteiger partial charge in [0.2, 0.25) is 17.7 Å². The molecule has 17 nitrogen and oxygen atoms in total. The summed E-state index contributed by atoms with van der Waals surface area (Å²) in [6.45, 7) is 5.69. The number of fused-ring (bicyclic) bond motifs is 2. The van der Waals surface area contributed by atoms with Crippen LogP contribution in [0.2, 0.25) is 0 Å². The Kier molecular flexibility index (Phi) is 12.4. The van der Waals surface area contributed by atoms with E-state index in [1.54, 1.807) is 60.0 Å². The topological polar surface area (TPSA) is 179 Å². The predicted molar refractivity (Wildman–Crippen MR) is 279 cm³/mol. The van der Waals surface area contributed by atoms with Crippen LogP contribution in [0.15, 0.2) is 102 Å². The Labute approximate surface area is 420 Å². The first-order valence-corrected chi connectivity index (χ1v) is 25.0. The first-order chi connectivity index (χ1) is 35.4. The third-order valence-electron chi connectivity index (χ3n) is 15.2. The monoisotopic (exact) mass is 985 g/mol. The third-order valence-corrected chi connectivity index (χ3v) is 15.2. The van der Waals surface area contributed by atoms with Crippen molar-refractivity contribution in [3.8, 4) is 22.3 Å². The highest BCUT2D eigenvalue weighted by molar-refractivity contribution is 6.13. The minimum Gasteiger partial charge on any atom is -0.371 e. The normalized spacial score (nSPS) is 18.0. The van der Waals surface area contributed by atoms with Crippen molar-refractivity contribution in [3.63, 3.8) is 0 Å². The van der Waals surface area contributed by atoms with Crippen LogP contribution in [0.1, 0.15) is 65.4 Å². The van der Waals surface area contributed by atoms with Crippen molar-refractivity contribution >= 4 is 74.2 Å². The summed E-state index contributed by atoms with van der Waals surface area (Å²) in [5.41, 5.74) is 7.52. The van der Waals surface area contributed by atoms with E-state index in [2.05, 4.69) is 60.0 Å². The van der Waals surface area contributed by atoms with Gasteiger partial charge in [0, 0.05) is 114 Å².